The van der Waals surface area contributed by atoms with Crippen molar-refractivity contribution < 1.29 is 18.3 Å². The lowest BCUT2D eigenvalue weighted by Crippen LogP contribution is -2.49. The fourth-order valence-electron chi connectivity index (χ4n) is 4.09. The maximum absolute atomic E-state index is 14.5. The molecule has 0 bridgehead atoms. The Kier molecular flexibility index (Phi) is 7.82. The van der Waals surface area contributed by atoms with E-state index in [1.165, 1.54) is 16.8 Å². The molecule has 1 aliphatic heterocycles. The van der Waals surface area contributed by atoms with Crippen LogP contribution in [0.1, 0.15) is 17.8 Å². The predicted molar refractivity (Wildman–Crippen MR) is 133 cm³/mol. The number of amides is 1. The smallest absolute Gasteiger partial charge is 0.244 e. The van der Waals surface area contributed by atoms with Crippen LogP contribution in [0, 0.1) is 6.92 Å². The second-order valence-corrected chi connectivity index (χ2v) is 9.18. The quantitative estimate of drug-likeness (QED) is 0.541. The second kappa shape index (κ2) is 10.8. The van der Waals surface area contributed by atoms with Crippen molar-refractivity contribution in [2.45, 2.75) is 26.1 Å². The molecule has 3 aliphatic rings. The highest BCUT2D eigenvalue weighted by Crippen LogP contribution is 2.32. The number of aromatic nitrogens is 2. The fraction of sp³-hybridized carbons (Fsp3) is 0.360. The lowest BCUT2D eigenvalue weighted by Gasteiger charge is -2.36. The Morgan fingerprint density at radius 3 is 2.60 bits per heavy atom. The lowest BCUT2D eigenvalue weighted by molar-refractivity contribution is -0.133. The number of ether oxygens (including phenoxy) is 1. The molecular weight excluding hydrogens is 497 g/mol. The number of halogens is 4. The van der Waals surface area contributed by atoms with Gasteiger partial charge in [-0.25, -0.2) is 8.78 Å². The number of allylic oxidation sites excluding steroid dienone is 10. The molecule has 1 fully saturated rings. The van der Waals surface area contributed by atoms with Gasteiger partial charge in [-0.05, 0) is 31.2 Å². The van der Waals surface area contributed by atoms with Crippen molar-refractivity contribution in [3.05, 3.63) is 81.3 Å². The van der Waals surface area contributed by atoms with Gasteiger partial charge in [-0.3, -0.25) is 9.48 Å². The standard InChI is InChI=1S/C25H26Cl2F2N4O2/c1-16-24(27)25(19-8-6-17(28)7-9-21(19)29)30-33(16)15-23(34)32-12-10-31(11-13-32)18-4-3-5-20(26)22(14-18)35-2/h3-4,6-9,14,17H,5,10-13,15H2,1-2H3. The molecule has 0 radical (unpaired) electrons. The summed E-state index contributed by atoms with van der Waals surface area (Å²) in [5.41, 5.74) is 1.79. The average molecular weight is 523 g/mol. The molecule has 186 valence electrons. The molecule has 1 aromatic heterocycles. The number of carbonyl (C=O) groups is 1. The van der Waals surface area contributed by atoms with Gasteiger partial charge in [0.2, 0.25) is 5.91 Å². The summed E-state index contributed by atoms with van der Waals surface area (Å²) in [4.78, 5) is 17.0. The molecule has 1 amide bonds. The zero-order chi connectivity index (χ0) is 25.1. The minimum absolute atomic E-state index is 0.0273. The number of hydrogen-bond acceptors (Lipinski definition) is 4. The number of rotatable bonds is 5. The first-order chi connectivity index (χ1) is 16.8. The van der Waals surface area contributed by atoms with Gasteiger partial charge in [0, 0.05) is 49.9 Å². The fourth-order valence-corrected chi connectivity index (χ4v) is 4.55. The minimum atomic E-state index is -1.39. The molecule has 1 aromatic rings. The molecule has 0 aromatic carbocycles. The van der Waals surface area contributed by atoms with Crippen molar-refractivity contribution in [2.75, 3.05) is 33.3 Å². The first-order valence-corrected chi connectivity index (χ1v) is 12.0. The number of nitrogens with zero attached hydrogens (tertiary/aromatic N) is 4. The Balaban J connectivity index is 1.43. The number of carbonyl (C=O) groups excluding carboxylic acids is 1. The van der Waals surface area contributed by atoms with Gasteiger partial charge in [0.1, 0.15) is 30.0 Å². The zero-order valence-electron chi connectivity index (χ0n) is 19.5. The molecule has 0 N–H and O–H groups in total. The summed E-state index contributed by atoms with van der Waals surface area (Å²) in [6, 6.07) is 0. The SMILES string of the molecule is COC1=C(Cl)CC=CC(N2CCN(C(=O)Cn3nc(C4=C(F)C=CC(F)C=C4)c(Cl)c3C)CC2)=C1. The van der Waals surface area contributed by atoms with Gasteiger partial charge in [0.15, 0.2) is 0 Å². The van der Waals surface area contributed by atoms with Crippen molar-refractivity contribution in [3.63, 3.8) is 0 Å². The van der Waals surface area contributed by atoms with E-state index in [9.17, 15) is 13.6 Å². The van der Waals surface area contributed by atoms with Crippen LogP contribution < -0.4 is 0 Å². The van der Waals surface area contributed by atoms with E-state index in [-0.39, 0.29) is 28.7 Å². The molecule has 2 heterocycles. The number of methoxy groups -OCH3 is 1. The van der Waals surface area contributed by atoms with Gasteiger partial charge in [-0.2, -0.15) is 5.10 Å². The number of alkyl halides is 1. The lowest BCUT2D eigenvalue weighted by atomic mass is 10.1. The molecule has 6 nitrogen and oxygen atoms in total. The molecule has 1 saturated heterocycles. The molecule has 1 atom stereocenters. The first kappa shape index (κ1) is 25.3. The Morgan fingerprint density at radius 2 is 1.89 bits per heavy atom. The summed E-state index contributed by atoms with van der Waals surface area (Å²) < 4.78 is 34.9. The van der Waals surface area contributed by atoms with Gasteiger partial charge >= 0.3 is 0 Å². The third-order valence-electron chi connectivity index (χ3n) is 6.15. The Bertz CT molecular complexity index is 1190. The molecule has 0 saturated carbocycles. The van der Waals surface area contributed by atoms with Crippen molar-refractivity contribution >= 4 is 34.7 Å². The minimum Gasteiger partial charge on any atom is -0.495 e. The summed E-state index contributed by atoms with van der Waals surface area (Å²) in [6.07, 6.45) is 9.87. The van der Waals surface area contributed by atoms with Crippen LogP contribution in [-0.4, -0.2) is 64.9 Å². The van der Waals surface area contributed by atoms with E-state index in [0.29, 0.717) is 49.1 Å². The van der Waals surface area contributed by atoms with E-state index in [4.69, 9.17) is 27.9 Å². The molecule has 2 aliphatic carbocycles. The van der Waals surface area contributed by atoms with Crippen molar-refractivity contribution in [2.24, 2.45) is 0 Å². The maximum atomic E-state index is 14.5. The topological polar surface area (TPSA) is 50.6 Å². The van der Waals surface area contributed by atoms with Crippen molar-refractivity contribution in [3.8, 4) is 0 Å². The molecular formula is C25H26Cl2F2N4O2. The molecule has 35 heavy (non-hydrogen) atoms. The zero-order valence-corrected chi connectivity index (χ0v) is 21.0. The van der Waals surface area contributed by atoms with Crippen LogP contribution in [0.15, 0.2) is 64.8 Å². The third kappa shape index (κ3) is 5.54. The van der Waals surface area contributed by atoms with E-state index in [0.717, 1.165) is 17.8 Å². The van der Waals surface area contributed by atoms with E-state index < -0.39 is 12.0 Å². The van der Waals surface area contributed by atoms with Gasteiger partial charge in [-0.1, -0.05) is 35.4 Å². The van der Waals surface area contributed by atoms with E-state index in [1.54, 1.807) is 18.9 Å². The largest absolute Gasteiger partial charge is 0.495 e. The van der Waals surface area contributed by atoms with Crippen LogP contribution >= 0.6 is 23.2 Å². The Morgan fingerprint density at radius 1 is 1.17 bits per heavy atom. The van der Waals surface area contributed by atoms with E-state index in [1.807, 2.05) is 18.2 Å². The summed E-state index contributed by atoms with van der Waals surface area (Å²) >= 11 is 12.7. The summed E-state index contributed by atoms with van der Waals surface area (Å²) in [5.74, 6) is -0.108. The molecule has 1 unspecified atom stereocenters. The molecule has 10 heteroatoms. The van der Waals surface area contributed by atoms with Crippen LogP contribution in [0.3, 0.4) is 0 Å². The second-order valence-electron chi connectivity index (χ2n) is 8.35. The van der Waals surface area contributed by atoms with Crippen molar-refractivity contribution in [1.29, 1.82) is 0 Å². The molecule has 0 spiro atoms. The van der Waals surface area contributed by atoms with Crippen LogP contribution in [0.5, 0.6) is 0 Å². The average Bonchev–Trinajstić information content (AvgIpc) is 3.00. The Labute approximate surface area is 213 Å². The van der Waals surface area contributed by atoms with E-state index >= 15 is 0 Å². The highest BCUT2D eigenvalue weighted by atomic mass is 35.5. The summed E-state index contributed by atoms with van der Waals surface area (Å²) in [6.45, 7) is 4.07. The highest BCUT2D eigenvalue weighted by Gasteiger charge is 2.25. The molecule has 4 rings (SSSR count). The number of piperazine rings is 1. The maximum Gasteiger partial charge on any atom is 0.244 e. The van der Waals surface area contributed by atoms with Gasteiger partial charge in [0.05, 0.1) is 22.9 Å². The van der Waals surface area contributed by atoms with Gasteiger partial charge < -0.3 is 14.5 Å². The van der Waals surface area contributed by atoms with E-state index in [2.05, 4.69) is 10.00 Å². The summed E-state index contributed by atoms with van der Waals surface area (Å²) in [7, 11) is 1.59. The highest BCUT2D eigenvalue weighted by molar-refractivity contribution is 6.33. The third-order valence-corrected chi connectivity index (χ3v) is 6.95. The van der Waals surface area contributed by atoms with Crippen molar-refractivity contribution in [1.82, 2.24) is 19.6 Å². The monoisotopic (exact) mass is 522 g/mol. The Hall–Kier alpha value is -2.84. The van der Waals surface area contributed by atoms with Crippen LogP contribution in [-0.2, 0) is 16.1 Å². The van der Waals surface area contributed by atoms with Crippen LogP contribution in [0.25, 0.3) is 5.57 Å². The summed E-state index contributed by atoms with van der Waals surface area (Å²) in [5, 5.41) is 5.26. The van der Waals surface area contributed by atoms with Gasteiger partial charge in [-0.15, -0.1) is 0 Å². The predicted octanol–water partition coefficient (Wildman–Crippen LogP) is 5.07. The first-order valence-electron chi connectivity index (χ1n) is 11.3. The normalized spacial score (nSPS) is 20.9. The number of hydrogen-bond donors (Lipinski definition) is 0. The van der Waals surface area contributed by atoms with Crippen LogP contribution in [0.4, 0.5) is 8.78 Å². The van der Waals surface area contributed by atoms with Gasteiger partial charge in [0.25, 0.3) is 0 Å². The van der Waals surface area contributed by atoms with Crippen LogP contribution in [0.2, 0.25) is 5.02 Å².